The Morgan fingerprint density at radius 1 is 0.920 bits per heavy atom. The molecule has 0 heterocycles. The normalized spacial score (nSPS) is 10.8. The minimum Gasteiger partial charge on any atom is -0.497 e. The number of aliphatic imine (C=N–C) groups is 1. The maximum atomic E-state index is 5.93. The van der Waals surface area contributed by atoms with Gasteiger partial charge in [-0.3, -0.25) is 4.99 Å². The van der Waals surface area contributed by atoms with Gasteiger partial charge in [-0.2, -0.15) is 0 Å². The first-order valence-corrected chi connectivity index (χ1v) is 8.27. The van der Waals surface area contributed by atoms with Crippen molar-refractivity contribution < 1.29 is 9.47 Å². The van der Waals surface area contributed by atoms with Crippen molar-refractivity contribution in [3.8, 4) is 11.5 Å². The van der Waals surface area contributed by atoms with Crippen LogP contribution in [0.25, 0.3) is 0 Å². The Kier molecular flexibility index (Phi) is 5.70. The van der Waals surface area contributed by atoms with E-state index in [0.717, 1.165) is 33.3 Å². The van der Waals surface area contributed by atoms with Gasteiger partial charge in [-0.25, -0.2) is 0 Å². The first-order valence-electron chi connectivity index (χ1n) is 7.89. The van der Waals surface area contributed by atoms with Gasteiger partial charge in [0.05, 0.1) is 12.8 Å². The van der Waals surface area contributed by atoms with Gasteiger partial charge < -0.3 is 9.47 Å². The van der Waals surface area contributed by atoms with Crippen molar-refractivity contribution in [1.29, 1.82) is 0 Å². The van der Waals surface area contributed by atoms with Crippen LogP contribution in [0.4, 0.5) is 5.69 Å². The van der Waals surface area contributed by atoms with E-state index in [1.807, 2.05) is 72.8 Å². The summed E-state index contributed by atoms with van der Waals surface area (Å²) >= 11 is 5.91. The summed E-state index contributed by atoms with van der Waals surface area (Å²) in [5, 5.41) is 0.718. The van der Waals surface area contributed by atoms with Crippen LogP contribution in [0.1, 0.15) is 11.1 Å². The molecule has 3 aromatic carbocycles. The van der Waals surface area contributed by atoms with Gasteiger partial charge in [-0.15, -0.1) is 0 Å². The van der Waals surface area contributed by atoms with E-state index in [1.165, 1.54) is 0 Å². The number of ether oxygens (including phenoxy) is 2. The van der Waals surface area contributed by atoms with Gasteiger partial charge in [-0.05, 0) is 54.1 Å². The van der Waals surface area contributed by atoms with Crippen LogP contribution in [-0.2, 0) is 6.61 Å². The fraction of sp³-hybridized carbons (Fsp3) is 0.0952. The summed E-state index contributed by atoms with van der Waals surface area (Å²) in [5.74, 6) is 1.60. The molecule has 0 saturated carbocycles. The van der Waals surface area contributed by atoms with Gasteiger partial charge >= 0.3 is 0 Å². The van der Waals surface area contributed by atoms with Crippen LogP contribution in [0.5, 0.6) is 11.5 Å². The first-order chi connectivity index (χ1) is 12.2. The molecule has 0 aliphatic heterocycles. The molecule has 0 aliphatic rings. The smallest absolute Gasteiger partial charge is 0.128 e. The molecule has 126 valence electrons. The zero-order chi connectivity index (χ0) is 17.5. The first kappa shape index (κ1) is 17.1. The molecule has 0 amide bonds. The van der Waals surface area contributed by atoms with Gasteiger partial charge in [-0.1, -0.05) is 35.9 Å². The minimum atomic E-state index is 0.477. The summed E-state index contributed by atoms with van der Waals surface area (Å²) in [5.41, 5.74) is 2.84. The van der Waals surface area contributed by atoms with Crippen molar-refractivity contribution in [1.82, 2.24) is 0 Å². The average molecular weight is 352 g/mol. The summed E-state index contributed by atoms with van der Waals surface area (Å²) in [6, 6.07) is 23.0. The fourth-order valence-corrected chi connectivity index (χ4v) is 2.40. The number of halogens is 1. The lowest BCUT2D eigenvalue weighted by atomic mass is 10.2. The molecular formula is C21H18ClNO2. The molecule has 25 heavy (non-hydrogen) atoms. The number of hydrogen-bond donors (Lipinski definition) is 0. The van der Waals surface area contributed by atoms with E-state index in [1.54, 1.807) is 13.3 Å². The largest absolute Gasteiger partial charge is 0.497 e. The molecule has 0 fully saturated rings. The van der Waals surface area contributed by atoms with Gasteiger partial charge in [0, 0.05) is 16.8 Å². The van der Waals surface area contributed by atoms with E-state index >= 15 is 0 Å². The average Bonchev–Trinajstić information content (AvgIpc) is 2.67. The Morgan fingerprint density at radius 2 is 1.64 bits per heavy atom. The highest BCUT2D eigenvalue weighted by molar-refractivity contribution is 6.30. The molecule has 0 spiro atoms. The molecule has 0 saturated heterocycles. The Bertz CT molecular complexity index is 843. The lowest BCUT2D eigenvalue weighted by molar-refractivity contribution is 0.306. The fourth-order valence-electron chi connectivity index (χ4n) is 2.27. The highest BCUT2D eigenvalue weighted by Gasteiger charge is 2.02. The SMILES string of the molecule is COc1ccc(N=Cc2ccccc2OCc2ccc(Cl)cc2)cc1. The predicted octanol–water partition coefficient (Wildman–Crippen LogP) is 5.68. The molecule has 3 nitrogen and oxygen atoms in total. The van der Waals surface area contributed by atoms with Crippen LogP contribution in [0, 0.1) is 0 Å². The molecular weight excluding hydrogens is 334 g/mol. The Hall–Kier alpha value is -2.78. The zero-order valence-electron chi connectivity index (χ0n) is 13.9. The number of benzene rings is 3. The van der Waals surface area contributed by atoms with Crippen molar-refractivity contribution in [2.75, 3.05) is 7.11 Å². The number of rotatable bonds is 6. The van der Waals surface area contributed by atoms with E-state index in [9.17, 15) is 0 Å². The molecule has 3 rings (SSSR count). The second kappa shape index (κ2) is 8.36. The molecule has 0 N–H and O–H groups in total. The van der Waals surface area contributed by atoms with Crippen molar-refractivity contribution in [3.63, 3.8) is 0 Å². The third kappa shape index (κ3) is 4.85. The summed E-state index contributed by atoms with van der Waals surface area (Å²) in [4.78, 5) is 4.50. The van der Waals surface area contributed by atoms with Crippen molar-refractivity contribution in [2.24, 2.45) is 4.99 Å². The molecule has 3 aromatic rings. The third-order valence-corrected chi connectivity index (χ3v) is 3.90. The maximum absolute atomic E-state index is 5.93. The van der Waals surface area contributed by atoms with E-state index in [2.05, 4.69) is 4.99 Å². The Labute approximate surface area is 152 Å². The summed E-state index contributed by atoms with van der Waals surface area (Å²) in [7, 11) is 1.65. The third-order valence-electron chi connectivity index (χ3n) is 3.65. The number of hydrogen-bond acceptors (Lipinski definition) is 3. The number of nitrogens with zero attached hydrogens (tertiary/aromatic N) is 1. The van der Waals surface area contributed by atoms with Crippen LogP contribution in [0.15, 0.2) is 77.8 Å². The monoisotopic (exact) mass is 351 g/mol. The summed E-state index contributed by atoms with van der Waals surface area (Å²) in [6.45, 7) is 0.477. The molecule has 0 aromatic heterocycles. The highest BCUT2D eigenvalue weighted by Crippen LogP contribution is 2.21. The zero-order valence-corrected chi connectivity index (χ0v) is 14.6. The topological polar surface area (TPSA) is 30.8 Å². The minimum absolute atomic E-state index is 0.477. The molecule has 4 heteroatoms. The summed E-state index contributed by atoms with van der Waals surface area (Å²) < 4.78 is 11.1. The van der Waals surface area contributed by atoms with Crippen LogP contribution >= 0.6 is 11.6 Å². The lowest BCUT2D eigenvalue weighted by Crippen LogP contribution is -1.98. The second-order valence-corrected chi connectivity index (χ2v) is 5.85. The molecule has 0 atom stereocenters. The van der Waals surface area contributed by atoms with Gasteiger partial charge in [0.15, 0.2) is 0 Å². The number of para-hydroxylation sites is 1. The van der Waals surface area contributed by atoms with Crippen LogP contribution in [0.2, 0.25) is 5.02 Å². The highest BCUT2D eigenvalue weighted by atomic mass is 35.5. The molecule has 0 aliphatic carbocycles. The molecule has 0 radical (unpaired) electrons. The van der Waals surface area contributed by atoms with Crippen molar-refractivity contribution in [2.45, 2.75) is 6.61 Å². The van der Waals surface area contributed by atoms with Crippen LogP contribution in [0.3, 0.4) is 0 Å². The second-order valence-electron chi connectivity index (χ2n) is 5.41. The lowest BCUT2D eigenvalue weighted by Gasteiger charge is -2.09. The van der Waals surface area contributed by atoms with Gasteiger partial charge in [0.25, 0.3) is 0 Å². The standard InChI is InChI=1S/C21H18ClNO2/c1-24-20-12-10-19(11-13-20)23-14-17-4-2-3-5-21(17)25-15-16-6-8-18(22)9-7-16/h2-14H,15H2,1H3. The van der Waals surface area contributed by atoms with E-state index in [4.69, 9.17) is 21.1 Å². The Morgan fingerprint density at radius 3 is 2.36 bits per heavy atom. The van der Waals surface area contributed by atoms with Crippen LogP contribution in [-0.4, -0.2) is 13.3 Å². The maximum Gasteiger partial charge on any atom is 0.128 e. The predicted molar refractivity (Wildman–Crippen MR) is 102 cm³/mol. The van der Waals surface area contributed by atoms with Gasteiger partial charge in [0.1, 0.15) is 18.1 Å². The van der Waals surface area contributed by atoms with E-state index < -0.39 is 0 Å². The van der Waals surface area contributed by atoms with Crippen molar-refractivity contribution >= 4 is 23.5 Å². The quantitative estimate of drug-likeness (QED) is 0.535. The number of methoxy groups -OCH3 is 1. The Balaban J connectivity index is 1.71. The van der Waals surface area contributed by atoms with Crippen molar-refractivity contribution in [3.05, 3.63) is 88.9 Å². The van der Waals surface area contributed by atoms with E-state index in [-0.39, 0.29) is 0 Å². The molecule has 0 unspecified atom stereocenters. The summed E-state index contributed by atoms with van der Waals surface area (Å²) in [6.07, 6.45) is 1.80. The molecule has 0 bridgehead atoms. The van der Waals surface area contributed by atoms with E-state index in [0.29, 0.717) is 6.61 Å². The van der Waals surface area contributed by atoms with Gasteiger partial charge in [0.2, 0.25) is 0 Å². The van der Waals surface area contributed by atoms with Crippen LogP contribution < -0.4 is 9.47 Å².